The van der Waals surface area contributed by atoms with Crippen LogP contribution in [0, 0.1) is 0 Å². The van der Waals surface area contributed by atoms with Crippen molar-refractivity contribution in [1.82, 2.24) is 31.5 Å². The summed E-state index contributed by atoms with van der Waals surface area (Å²) in [6.45, 7) is 2.91. The minimum atomic E-state index is -1.35. The van der Waals surface area contributed by atoms with E-state index in [1.165, 1.54) is 24.0 Å². The van der Waals surface area contributed by atoms with Gasteiger partial charge in [0.25, 0.3) is 0 Å². The highest BCUT2D eigenvalue weighted by molar-refractivity contribution is 5.97. The van der Waals surface area contributed by atoms with Crippen LogP contribution >= 0.6 is 0 Å². The van der Waals surface area contributed by atoms with Crippen molar-refractivity contribution in [2.24, 2.45) is 11.5 Å². The van der Waals surface area contributed by atoms with E-state index in [-0.39, 0.29) is 44.6 Å². The van der Waals surface area contributed by atoms with Crippen LogP contribution in [0.2, 0.25) is 0 Å². The number of aromatic hydroxyl groups is 1. The second-order valence-electron chi connectivity index (χ2n) is 17.2. The number of nitrogens with zero attached hydrogens (tertiary/aromatic N) is 1. The topological polar surface area (TPSA) is 285 Å². The molecule has 0 aromatic heterocycles. The van der Waals surface area contributed by atoms with Crippen molar-refractivity contribution in [2.45, 2.75) is 108 Å². The van der Waals surface area contributed by atoms with E-state index in [0.29, 0.717) is 31.4 Å². The van der Waals surface area contributed by atoms with Crippen molar-refractivity contribution in [3.63, 3.8) is 0 Å². The molecule has 1 aliphatic rings. The number of carboxylic acids is 1. The third-order valence-electron chi connectivity index (χ3n) is 11.8. The maximum absolute atomic E-state index is 14.1. The van der Waals surface area contributed by atoms with Gasteiger partial charge in [-0.3, -0.25) is 33.6 Å². The molecule has 11 N–H and O–H groups in total. The lowest BCUT2D eigenvalue weighted by Gasteiger charge is -2.30. The summed E-state index contributed by atoms with van der Waals surface area (Å²) in [5.74, 6) is -5.30. The molecule has 1 fully saturated rings. The SMILES string of the molecule is C[C@H](NC(=O)[C@H](Cc1ccc(O)cc1)NC(=O)[C@@H](N)Cc1ccc(-c2ccccc2)cc1)C(=O)N1CCC[C@H]1C(=O)N[C@@H](CCCCN)C(=O)N[C@H](C(=O)NCC(=O)O)[C@@H](C)OCc1ccccc1. The summed E-state index contributed by atoms with van der Waals surface area (Å²) in [7, 11) is 0. The molecule has 4 aromatic rings. The molecule has 1 heterocycles. The molecule has 0 radical (unpaired) electrons. The number of ether oxygens (including phenoxy) is 1. The van der Waals surface area contributed by atoms with Crippen molar-refractivity contribution in [2.75, 3.05) is 19.6 Å². The molecule has 6 amide bonds. The number of phenolic OH excluding ortho intramolecular Hbond substituents is 1. The molecule has 0 aliphatic carbocycles. The van der Waals surface area contributed by atoms with E-state index < -0.39 is 90.3 Å². The zero-order valence-electron chi connectivity index (χ0n) is 39.0. The summed E-state index contributed by atoms with van der Waals surface area (Å²) in [5.41, 5.74) is 16.4. The Hall–Kier alpha value is -7.15. The third-order valence-corrected chi connectivity index (χ3v) is 11.8. The Kier molecular flexibility index (Phi) is 20.2. The maximum Gasteiger partial charge on any atom is 0.322 e. The summed E-state index contributed by atoms with van der Waals surface area (Å²) in [6.07, 6.45) is 1.03. The summed E-state index contributed by atoms with van der Waals surface area (Å²) in [6, 6.07) is 25.8. The largest absolute Gasteiger partial charge is 0.508 e. The molecule has 0 saturated carbocycles. The number of amides is 6. The first-order valence-electron chi connectivity index (χ1n) is 23.2. The quantitative estimate of drug-likeness (QED) is 0.0432. The maximum atomic E-state index is 14.1. The van der Waals surface area contributed by atoms with E-state index in [1.54, 1.807) is 19.1 Å². The Morgan fingerprint density at radius 2 is 1.30 bits per heavy atom. The van der Waals surface area contributed by atoms with E-state index in [2.05, 4.69) is 26.6 Å². The highest BCUT2D eigenvalue weighted by Crippen LogP contribution is 2.22. The summed E-state index contributed by atoms with van der Waals surface area (Å²) < 4.78 is 5.93. The Labute approximate surface area is 401 Å². The molecule has 69 heavy (non-hydrogen) atoms. The van der Waals surface area contributed by atoms with Gasteiger partial charge in [0, 0.05) is 13.0 Å². The lowest BCUT2D eigenvalue weighted by atomic mass is 10.00. The van der Waals surface area contributed by atoms with Gasteiger partial charge in [-0.05, 0) is 98.9 Å². The minimum absolute atomic E-state index is 0.000381. The molecule has 4 aromatic carbocycles. The number of hydrogen-bond acceptors (Lipinski definition) is 11. The summed E-state index contributed by atoms with van der Waals surface area (Å²) in [5, 5.41) is 32.2. The molecule has 1 saturated heterocycles. The molecular weight excluding hydrogens is 885 g/mol. The van der Waals surface area contributed by atoms with Gasteiger partial charge in [-0.2, -0.15) is 0 Å². The number of carbonyl (C=O) groups excluding carboxylic acids is 6. The van der Waals surface area contributed by atoms with E-state index in [1.807, 2.05) is 84.9 Å². The second-order valence-corrected chi connectivity index (χ2v) is 17.2. The van der Waals surface area contributed by atoms with Gasteiger partial charge < -0.3 is 57.9 Å². The predicted octanol–water partition coefficient (Wildman–Crippen LogP) is 2.06. The van der Waals surface area contributed by atoms with Crippen molar-refractivity contribution >= 4 is 41.4 Å². The smallest absolute Gasteiger partial charge is 0.322 e. The second kappa shape index (κ2) is 26.4. The van der Waals surface area contributed by atoms with E-state index in [4.69, 9.17) is 16.2 Å². The van der Waals surface area contributed by atoms with Crippen molar-refractivity contribution in [3.8, 4) is 16.9 Å². The van der Waals surface area contributed by atoms with E-state index >= 15 is 0 Å². The molecule has 1 aliphatic heterocycles. The standard InChI is InChI=1S/C51H64N8O10/c1-32(55-48(65)42(29-35-20-24-39(60)25-21-35)57-46(63)40(53)28-34-18-22-38(23-19-34)37-14-7-4-8-15-37)51(68)59-27-11-17-43(59)49(66)56-41(16-9-10-26-52)47(64)58-45(50(67)54-30-44(61)62)33(2)69-31-36-12-5-3-6-13-36/h3-8,12-15,18-25,32-33,40-43,45,60H,9-11,16-17,26-31,52-53H2,1-2H3,(H,54,67)(H,55,65)(H,56,66)(H,57,63)(H,58,64)(H,61,62)/t32-,33+,40-,41-,42-,43-,45-/m0/s1. The van der Waals surface area contributed by atoms with Gasteiger partial charge in [-0.15, -0.1) is 0 Å². The van der Waals surface area contributed by atoms with Crippen LogP contribution in [0.5, 0.6) is 5.75 Å². The Morgan fingerprint density at radius 1 is 0.696 bits per heavy atom. The lowest BCUT2D eigenvalue weighted by Crippen LogP contribution is -2.60. The van der Waals surface area contributed by atoms with Crippen LogP contribution in [0.25, 0.3) is 11.1 Å². The van der Waals surface area contributed by atoms with Crippen LogP contribution in [0.1, 0.15) is 62.6 Å². The van der Waals surface area contributed by atoms with Crippen LogP contribution in [0.15, 0.2) is 109 Å². The van der Waals surface area contributed by atoms with Crippen molar-refractivity contribution in [3.05, 3.63) is 126 Å². The predicted molar refractivity (Wildman–Crippen MR) is 258 cm³/mol. The number of benzene rings is 4. The monoisotopic (exact) mass is 948 g/mol. The zero-order valence-corrected chi connectivity index (χ0v) is 39.0. The fourth-order valence-electron chi connectivity index (χ4n) is 7.94. The Balaban J connectivity index is 1.24. The van der Waals surface area contributed by atoms with Crippen LogP contribution in [0.4, 0.5) is 0 Å². The molecule has 7 atom stereocenters. The van der Waals surface area contributed by atoms with Crippen LogP contribution in [-0.2, 0) is 57.7 Å². The van der Waals surface area contributed by atoms with Gasteiger partial charge in [0.1, 0.15) is 42.5 Å². The highest BCUT2D eigenvalue weighted by Gasteiger charge is 2.39. The number of aliphatic carboxylic acids is 1. The molecule has 5 rings (SSSR count). The fraction of sp³-hybridized carbons (Fsp3) is 0.392. The molecule has 368 valence electrons. The molecule has 0 bridgehead atoms. The van der Waals surface area contributed by atoms with Crippen LogP contribution in [-0.4, -0.2) is 119 Å². The Morgan fingerprint density at radius 3 is 1.96 bits per heavy atom. The first kappa shape index (κ1) is 52.8. The van der Waals surface area contributed by atoms with Gasteiger partial charge in [-0.1, -0.05) is 97.1 Å². The number of carbonyl (C=O) groups is 7. The highest BCUT2D eigenvalue weighted by atomic mass is 16.5. The van der Waals surface area contributed by atoms with Gasteiger partial charge >= 0.3 is 5.97 Å². The van der Waals surface area contributed by atoms with Crippen LogP contribution in [0.3, 0.4) is 0 Å². The average Bonchev–Trinajstić information content (AvgIpc) is 3.85. The van der Waals surface area contributed by atoms with Crippen molar-refractivity contribution in [1.29, 1.82) is 0 Å². The molecule has 0 spiro atoms. The number of carboxylic acid groups (broad SMARTS) is 1. The zero-order chi connectivity index (χ0) is 49.9. The van der Waals surface area contributed by atoms with E-state index in [9.17, 15) is 43.8 Å². The van der Waals surface area contributed by atoms with Gasteiger partial charge in [0.05, 0.1) is 18.8 Å². The fourth-order valence-corrected chi connectivity index (χ4v) is 7.94. The molecule has 18 nitrogen and oxygen atoms in total. The van der Waals surface area contributed by atoms with Crippen LogP contribution < -0.4 is 38.1 Å². The molecule has 18 heteroatoms. The minimum Gasteiger partial charge on any atom is -0.508 e. The first-order chi connectivity index (χ1) is 33.1. The summed E-state index contributed by atoms with van der Waals surface area (Å²) in [4.78, 5) is 95.5. The third kappa shape index (κ3) is 16.3. The lowest BCUT2D eigenvalue weighted by molar-refractivity contribution is -0.142. The Bertz CT molecular complexity index is 2340. The summed E-state index contributed by atoms with van der Waals surface area (Å²) >= 11 is 0. The number of unbranched alkanes of at least 4 members (excludes halogenated alkanes) is 1. The molecular formula is C51H64N8O10. The average molecular weight is 949 g/mol. The van der Waals surface area contributed by atoms with Gasteiger partial charge in [-0.25, -0.2) is 0 Å². The first-order valence-corrected chi connectivity index (χ1v) is 23.2. The number of rotatable bonds is 25. The van der Waals surface area contributed by atoms with Gasteiger partial charge in [0.2, 0.25) is 35.4 Å². The van der Waals surface area contributed by atoms with Crippen molar-refractivity contribution < 1.29 is 48.5 Å². The van der Waals surface area contributed by atoms with Gasteiger partial charge in [0.15, 0.2) is 0 Å². The number of likely N-dealkylation sites (tertiary alicyclic amines) is 1. The van der Waals surface area contributed by atoms with E-state index in [0.717, 1.165) is 22.3 Å². The molecule has 0 unspecified atom stereocenters. The number of hydrogen-bond donors (Lipinski definition) is 9. The number of phenols is 1. The number of nitrogens with two attached hydrogens (primary N) is 2. The normalized spacial score (nSPS) is 15.9. The number of nitrogens with one attached hydrogen (secondary N) is 5.